The number of amides is 2. The quantitative estimate of drug-likeness (QED) is 0.888. The molecule has 5 heteroatoms. The molecule has 0 bridgehead atoms. The predicted molar refractivity (Wildman–Crippen MR) is 78.5 cm³/mol. The fraction of sp³-hybridized carbons (Fsp3) is 0.429. The standard InChI is InChI=1S/C14H19ClN2O2/c1-9(18)16-12-7-10(5-6-11(12)15)17-13(19)8-14(2,3)4/h5-7H,8H2,1-4H3,(H,16,18)(H,17,19). The van der Waals surface area contributed by atoms with E-state index in [9.17, 15) is 9.59 Å². The average Bonchev–Trinajstić information content (AvgIpc) is 2.19. The molecule has 0 saturated carbocycles. The third-order valence-electron chi connectivity index (χ3n) is 2.25. The lowest BCUT2D eigenvalue weighted by molar-refractivity contribution is -0.118. The van der Waals surface area contributed by atoms with Crippen molar-refractivity contribution < 1.29 is 9.59 Å². The van der Waals surface area contributed by atoms with Crippen LogP contribution in [-0.4, -0.2) is 11.8 Å². The van der Waals surface area contributed by atoms with Gasteiger partial charge in [0.15, 0.2) is 0 Å². The maximum atomic E-state index is 11.8. The van der Waals surface area contributed by atoms with Crippen LogP contribution < -0.4 is 10.6 Å². The monoisotopic (exact) mass is 282 g/mol. The Kier molecular flexibility index (Phi) is 4.95. The van der Waals surface area contributed by atoms with Gasteiger partial charge in [0, 0.05) is 19.0 Å². The van der Waals surface area contributed by atoms with Crippen LogP contribution in [0.15, 0.2) is 18.2 Å². The molecule has 0 spiro atoms. The molecule has 0 fully saturated rings. The molecular weight excluding hydrogens is 264 g/mol. The Balaban J connectivity index is 2.79. The van der Waals surface area contributed by atoms with Crippen molar-refractivity contribution in [3.63, 3.8) is 0 Å². The fourth-order valence-electron chi connectivity index (χ4n) is 1.58. The molecule has 0 radical (unpaired) electrons. The molecule has 4 nitrogen and oxygen atoms in total. The van der Waals surface area contributed by atoms with Gasteiger partial charge >= 0.3 is 0 Å². The van der Waals surface area contributed by atoms with Crippen LogP contribution in [0, 0.1) is 5.41 Å². The first-order valence-electron chi connectivity index (χ1n) is 6.04. The lowest BCUT2D eigenvalue weighted by Gasteiger charge is -2.17. The largest absolute Gasteiger partial charge is 0.326 e. The van der Waals surface area contributed by atoms with Gasteiger partial charge in [-0.25, -0.2) is 0 Å². The third-order valence-corrected chi connectivity index (χ3v) is 2.58. The molecule has 2 N–H and O–H groups in total. The van der Waals surface area contributed by atoms with E-state index in [1.54, 1.807) is 18.2 Å². The summed E-state index contributed by atoms with van der Waals surface area (Å²) in [7, 11) is 0. The van der Waals surface area contributed by atoms with Crippen molar-refractivity contribution in [2.75, 3.05) is 10.6 Å². The summed E-state index contributed by atoms with van der Waals surface area (Å²) in [4.78, 5) is 22.8. The maximum Gasteiger partial charge on any atom is 0.224 e. The number of benzene rings is 1. The molecule has 0 aliphatic rings. The lowest BCUT2D eigenvalue weighted by atomic mass is 9.92. The molecule has 0 aromatic heterocycles. The Hall–Kier alpha value is -1.55. The van der Waals surface area contributed by atoms with Gasteiger partial charge in [0.1, 0.15) is 0 Å². The highest BCUT2D eigenvalue weighted by molar-refractivity contribution is 6.33. The Morgan fingerprint density at radius 2 is 1.84 bits per heavy atom. The van der Waals surface area contributed by atoms with Crippen molar-refractivity contribution >= 4 is 34.8 Å². The first kappa shape index (κ1) is 15.5. The number of nitrogens with one attached hydrogen (secondary N) is 2. The first-order valence-corrected chi connectivity index (χ1v) is 6.42. The van der Waals surface area contributed by atoms with E-state index < -0.39 is 0 Å². The minimum atomic E-state index is -0.208. The number of carbonyl (C=O) groups excluding carboxylic acids is 2. The van der Waals surface area contributed by atoms with Crippen LogP contribution >= 0.6 is 11.6 Å². The Morgan fingerprint density at radius 3 is 2.37 bits per heavy atom. The summed E-state index contributed by atoms with van der Waals surface area (Å²) in [5, 5.41) is 5.84. The Morgan fingerprint density at radius 1 is 1.21 bits per heavy atom. The van der Waals surface area contributed by atoms with Crippen LogP contribution in [-0.2, 0) is 9.59 Å². The highest BCUT2D eigenvalue weighted by atomic mass is 35.5. The van der Waals surface area contributed by atoms with E-state index in [1.807, 2.05) is 20.8 Å². The molecule has 1 rings (SSSR count). The topological polar surface area (TPSA) is 58.2 Å². The van der Waals surface area contributed by atoms with Crippen molar-refractivity contribution in [3.05, 3.63) is 23.2 Å². The summed E-state index contributed by atoms with van der Waals surface area (Å²) in [6.07, 6.45) is 0.422. The molecule has 0 heterocycles. The second kappa shape index (κ2) is 6.06. The molecule has 0 saturated heterocycles. The number of halogens is 1. The summed E-state index contributed by atoms with van der Waals surface area (Å²) in [5.74, 6) is -0.274. The molecule has 104 valence electrons. The Labute approximate surface area is 118 Å². The van der Waals surface area contributed by atoms with Gasteiger partial charge in [-0.3, -0.25) is 9.59 Å². The van der Waals surface area contributed by atoms with E-state index in [-0.39, 0.29) is 17.2 Å². The van der Waals surface area contributed by atoms with Crippen LogP contribution in [0.5, 0.6) is 0 Å². The summed E-state index contributed by atoms with van der Waals surface area (Å²) >= 11 is 5.96. The minimum Gasteiger partial charge on any atom is -0.326 e. The molecule has 0 atom stereocenters. The van der Waals surface area contributed by atoms with Crippen molar-refractivity contribution in [1.82, 2.24) is 0 Å². The molecular formula is C14H19ClN2O2. The van der Waals surface area contributed by atoms with E-state index in [1.165, 1.54) is 6.92 Å². The molecule has 0 aliphatic carbocycles. The van der Waals surface area contributed by atoms with Gasteiger partial charge in [0.25, 0.3) is 0 Å². The van der Waals surface area contributed by atoms with E-state index in [4.69, 9.17) is 11.6 Å². The normalized spacial score (nSPS) is 11.0. The summed E-state index contributed by atoms with van der Waals surface area (Å²) in [5.41, 5.74) is 1.03. The number of rotatable bonds is 3. The van der Waals surface area contributed by atoms with Crippen LogP contribution in [0.25, 0.3) is 0 Å². The van der Waals surface area contributed by atoms with Gasteiger partial charge in [-0.1, -0.05) is 32.4 Å². The maximum absolute atomic E-state index is 11.8. The highest BCUT2D eigenvalue weighted by Crippen LogP contribution is 2.26. The average molecular weight is 283 g/mol. The van der Waals surface area contributed by atoms with E-state index in [0.717, 1.165) is 0 Å². The fourth-order valence-corrected chi connectivity index (χ4v) is 1.74. The summed E-state index contributed by atoms with van der Waals surface area (Å²) < 4.78 is 0. The van der Waals surface area contributed by atoms with Gasteiger partial charge < -0.3 is 10.6 Å². The highest BCUT2D eigenvalue weighted by Gasteiger charge is 2.16. The second-order valence-electron chi connectivity index (χ2n) is 5.66. The zero-order valence-corrected chi connectivity index (χ0v) is 12.4. The van der Waals surface area contributed by atoms with E-state index in [2.05, 4.69) is 10.6 Å². The molecule has 0 aliphatic heterocycles. The number of hydrogen-bond donors (Lipinski definition) is 2. The predicted octanol–water partition coefficient (Wildman–Crippen LogP) is 3.67. The van der Waals surface area contributed by atoms with Crippen molar-refractivity contribution in [3.8, 4) is 0 Å². The molecule has 1 aromatic rings. The molecule has 19 heavy (non-hydrogen) atoms. The van der Waals surface area contributed by atoms with Crippen molar-refractivity contribution in [1.29, 1.82) is 0 Å². The van der Waals surface area contributed by atoms with Gasteiger partial charge in [0.2, 0.25) is 11.8 Å². The zero-order valence-electron chi connectivity index (χ0n) is 11.6. The Bertz CT molecular complexity index is 493. The second-order valence-corrected chi connectivity index (χ2v) is 6.07. The van der Waals surface area contributed by atoms with Crippen LogP contribution in [0.3, 0.4) is 0 Å². The van der Waals surface area contributed by atoms with Crippen LogP contribution in [0.2, 0.25) is 5.02 Å². The summed E-state index contributed by atoms with van der Waals surface area (Å²) in [6, 6.07) is 4.98. The van der Waals surface area contributed by atoms with E-state index in [0.29, 0.717) is 22.8 Å². The SMILES string of the molecule is CC(=O)Nc1cc(NC(=O)CC(C)(C)C)ccc1Cl. The molecule has 1 aromatic carbocycles. The van der Waals surface area contributed by atoms with Gasteiger partial charge in [-0.2, -0.15) is 0 Å². The van der Waals surface area contributed by atoms with Crippen molar-refractivity contribution in [2.24, 2.45) is 5.41 Å². The third kappa shape index (κ3) is 5.75. The van der Waals surface area contributed by atoms with Crippen LogP contribution in [0.4, 0.5) is 11.4 Å². The number of hydrogen-bond acceptors (Lipinski definition) is 2. The number of anilines is 2. The molecule has 0 unspecified atom stereocenters. The summed E-state index contributed by atoms with van der Waals surface area (Å²) in [6.45, 7) is 7.40. The van der Waals surface area contributed by atoms with Crippen molar-refractivity contribution in [2.45, 2.75) is 34.1 Å². The smallest absolute Gasteiger partial charge is 0.224 e. The van der Waals surface area contributed by atoms with Gasteiger partial charge in [-0.15, -0.1) is 0 Å². The lowest BCUT2D eigenvalue weighted by Crippen LogP contribution is -2.19. The number of carbonyl (C=O) groups is 2. The minimum absolute atomic E-state index is 0.0661. The zero-order chi connectivity index (χ0) is 14.6. The van der Waals surface area contributed by atoms with E-state index >= 15 is 0 Å². The van der Waals surface area contributed by atoms with Gasteiger partial charge in [-0.05, 0) is 23.6 Å². The molecule has 2 amide bonds. The van der Waals surface area contributed by atoms with Crippen LogP contribution in [0.1, 0.15) is 34.1 Å². The first-order chi connectivity index (χ1) is 8.67. The van der Waals surface area contributed by atoms with Gasteiger partial charge in [0.05, 0.1) is 10.7 Å².